The van der Waals surface area contributed by atoms with Gasteiger partial charge in [0.2, 0.25) is 0 Å². The van der Waals surface area contributed by atoms with Crippen LogP contribution in [0.2, 0.25) is 0 Å². The number of benzene rings is 3. The molecule has 2 aliphatic heterocycles. The van der Waals surface area contributed by atoms with E-state index in [-0.39, 0.29) is 11.3 Å². The molecule has 1 saturated heterocycles. The fourth-order valence-electron chi connectivity index (χ4n) is 4.44. The third-order valence-electron chi connectivity index (χ3n) is 6.22. The second-order valence-electron chi connectivity index (χ2n) is 8.60. The van der Waals surface area contributed by atoms with E-state index < -0.39 is 18.1 Å². The van der Waals surface area contributed by atoms with Gasteiger partial charge < -0.3 is 4.74 Å². The maximum Gasteiger partial charge on any atom is 0.356 e. The average Bonchev–Trinajstić information content (AvgIpc) is 2.93. The monoisotopic (exact) mass is 494 g/mol. The molecule has 6 heteroatoms. The minimum Gasteiger partial charge on any atom is -0.448 e. The lowest BCUT2D eigenvalue weighted by atomic mass is 10.00. The highest BCUT2D eigenvalue weighted by Gasteiger charge is 2.53. The quantitative estimate of drug-likeness (QED) is 0.178. The number of β-lactam (4-membered cyclic amide) rings is 1. The van der Waals surface area contributed by atoms with E-state index in [1.165, 1.54) is 0 Å². The molecular formula is C30H26N2O3S. The predicted molar refractivity (Wildman–Crippen MR) is 144 cm³/mol. The van der Waals surface area contributed by atoms with Crippen molar-refractivity contribution < 1.29 is 14.3 Å². The molecule has 1 fully saturated rings. The first kappa shape index (κ1) is 23.8. The largest absolute Gasteiger partial charge is 0.448 e. The normalized spacial score (nSPS) is 19.2. The van der Waals surface area contributed by atoms with Crippen LogP contribution in [-0.4, -0.2) is 40.2 Å². The zero-order chi connectivity index (χ0) is 24.9. The number of hydrogen-bond acceptors (Lipinski definition) is 5. The van der Waals surface area contributed by atoms with Crippen LogP contribution in [-0.2, 0) is 14.3 Å². The van der Waals surface area contributed by atoms with E-state index in [0.29, 0.717) is 17.9 Å². The molecule has 3 aromatic carbocycles. The van der Waals surface area contributed by atoms with Crippen LogP contribution in [0, 0.1) is 0 Å². The van der Waals surface area contributed by atoms with Crippen LogP contribution < -0.4 is 0 Å². The Morgan fingerprint density at radius 3 is 2.17 bits per heavy atom. The molecule has 0 aromatic heterocycles. The van der Waals surface area contributed by atoms with Crippen molar-refractivity contribution in [1.29, 1.82) is 0 Å². The van der Waals surface area contributed by atoms with Crippen LogP contribution in [0.1, 0.15) is 29.2 Å². The Morgan fingerprint density at radius 1 is 1.00 bits per heavy atom. The number of hydrogen-bond donors (Lipinski definition) is 0. The molecule has 180 valence electrons. The zero-order valence-electron chi connectivity index (χ0n) is 19.7. The number of rotatable bonds is 8. The molecule has 0 N–H and O–H groups in total. The van der Waals surface area contributed by atoms with Gasteiger partial charge in [-0.05, 0) is 28.7 Å². The summed E-state index contributed by atoms with van der Waals surface area (Å²) in [5.41, 5.74) is 3.83. The molecule has 2 atom stereocenters. The predicted octanol–water partition coefficient (Wildman–Crippen LogP) is 5.55. The zero-order valence-corrected chi connectivity index (χ0v) is 20.5. The fraction of sp³-hybridized carbons (Fsp3) is 0.167. The molecule has 5 rings (SSSR count). The van der Waals surface area contributed by atoms with Gasteiger partial charge in [-0.1, -0.05) is 97.1 Å². The summed E-state index contributed by atoms with van der Waals surface area (Å²) in [5, 5.41) is -0.236. The van der Waals surface area contributed by atoms with Crippen LogP contribution in [0.4, 0.5) is 0 Å². The number of carbonyl (C=O) groups is 2. The Hall–Kier alpha value is -3.90. The Labute approximate surface area is 215 Å². The van der Waals surface area contributed by atoms with Crippen molar-refractivity contribution in [3.63, 3.8) is 0 Å². The molecule has 0 bridgehead atoms. The average molecular weight is 495 g/mol. The third-order valence-corrected chi connectivity index (χ3v) is 7.54. The van der Waals surface area contributed by atoms with Crippen molar-refractivity contribution in [1.82, 2.24) is 4.90 Å². The lowest BCUT2D eigenvalue weighted by molar-refractivity contribution is -0.153. The van der Waals surface area contributed by atoms with Crippen LogP contribution >= 0.6 is 11.8 Å². The summed E-state index contributed by atoms with van der Waals surface area (Å²) in [7, 11) is 0. The topological polar surface area (TPSA) is 59.0 Å². The molecule has 5 nitrogen and oxygen atoms in total. The van der Waals surface area contributed by atoms with E-state index in [1.54, 1.807) is 29.0 Å². The van der Waals surface area contributed by atoms with Crippen molar-refractivity contribution in [2.24, 2.45) is 4.99 Å². The summed E-state index contributed by atoms with van der Waals surface area (Å²) in [4.78, 5) is 33.1. The third kappa shape index (κ3) is 4.77. The number of aliphatic imine (C=N–C) groups is 1. The lowest BCUT2D eigenvalue weighted by Crippen LogP contribution is -2.64. The molecule has 1 amide bonds. The standard InChI is InChI=1S/C30H26N2O3S/c1-2-12-24-20-36-29-25(31-19-21-13-6-3-7-14-21)28(33)32(29)26(24)30(34)35-27(22-15-8-4-9-16-22)23-17-10-5-11-18-23/h2-11,13-19,25,27,29H,1,12,20H2/b31-19+/t25?,29-/m1/s1. The summed E-state index contributed by atoms with van der Waals surface area (Å²) in [6.07, 6.45) is 3.40. The maximum absolute atomic E-state index is 13.7. The van der Waals surface area contributed by atoms with Crippen molar-refractivity contribution in [3.05, 3.63) is 132 Å². The summed E-state index contributed by atoms with van der Waals surface area (Å²) >= 11 is 1.62. The van der Waals surface area contributed by atoms with Gasteiger partial charge in [0, 0.05) is 12.0 Å². The van der Waals surface area contributed by atoms with Crippen LogP contribution in [0.15, 0.2) is 120 Å². The number of nitrogens with zero attached hydrogens (tertiary/aromatic N) is 2. The Morgan fingerprint density at radius 2 is 1.58 bits per heavy atom. The summed E-state index contributed by atoms with van der Waals surface area (Å²) in [5.74, 6) is -0.0820. The molecular weight excluding hydrogens is 468 g/mol. The second-order valence-corrected chi connectivity index (χ2v) is 9.70. The van der Waals surface area contributed by atoms with Crippen LogP contribution in [0.3, 0.4) is 0 Å². The first-order valence-electron chi connectivity index (χ1n) is 11.8. The first-order valence-corrected chi connectivity index (χ1v) is 12.9. The SMILES string of the molecule is C=CCC1=C(C(=O)OC(c2ccccc2)c2ccccc2)N2C(=O)C(/N=C/c3ccccc3)[C@H]2SC1. The van der Waals surface area contributed by atoms with E-state index in [2.05, 4.69) is 11.6 Å². The van der Waals surface area contributed by atoms with Gasteiger partial charge in [-0.2, -0.15) is 0 Å². The van der Waals surface area contributed by atoms with E-state index in [0.717, 1.165) is 22.3 Å². The van der Waals surface area contributed by atoms with Gasteiger partial charge in [-0.25, -0.2) is 4.79 Å². The van der Waals surface area contributed by atoms with Gasteiger partial charge in [0.1, 0.15) is 11.1 Å². The Balaban J connectivity index is 1.43. The van der Waals surface area contributed by atoms with Crippen molar-refractivity contribution in [2.45, 2.75) is 23.9 Å². The van der Waals surface area contributed by atoms with E-state index in [4.69, 9.17) is 4.74 Å². The Kier molecular flexibility index (Phi) is 7.14. The van der Waals surface area contributed by atoms with Crippen molar-refractivity contribution >= 4 is 29.9 Å². The fourth-order valence-corrected chi connectivity index (χ4v) is 5.79. The number of ether oxygens (including phenoxy) is 1. The molecule has 3 aromatic rings. The molecule has 2 heterocycles. The number of allylic oxidation sites excluding steroid dienone is 1. The van der Waals surface area contributed by atoms with Crippen molar-refractivity contribution in [2.75, 3.05) is 5.75 Å². The number of esters is 1. The molecule has 36 heavy (non-hydrogen) atoms. The summed E-state index contributed by atoms with van der Waals surface area (Å²) < 4.78 is 6.13. The molecule has 0 radical (unpaired) electrons. The number of carbonyl (C=O) groups excluding carboxylic acids is 2. The summed E-state index contributed by atoms with van der Waals surface area (Å²) in [6.45, 7) is 3.84. The van der Waals surface area contributed by atoms with E-state index in [1.807, 2.05) is 91.0 Å². The van der Waals surface area contributed by atoms with Gasteiger partial charge in [0.15, 0.2) is 12.1 Å². The van der Waals surface area contributed by atoms with E-state index >= 15 is 0 Å². The van der Waals surface area contributed by atoms with Gasteiger partial charge in [-0.3, -0.25) is 14.7 Å². The molecule has 0 spiro atoms. The number of fused-ring (bicyclic) bond motifs is 1. The Bertz CT molecular complexity index is 1270. The van der Waals surface area contributed by atoms with E-state index in [9.17, 15) is 9.59 Å². The first-order chi connectivity index (χ1) is 17.7. The molecule has 2 aliphatic rings. The minimum atomic E-state index is -0.589. The number of amides is 1. The maximum atomic E-state index is 13.7. The highest BCUT2D eigenvalue weighted by atomic mass is 32.2. The van der Waals surface area contributed by atoms with Crippen molar-refractivity contribution in [3.8, 4) is 0 Å². The summed E-state index contributed by atoms with van der Waals surface area (Å²) in [6, 6.07) is 28.4. The van der Waals surface area contributed by atoms with Gasteiger partial charge >= 0.3 is 5.97 Å². The van der Waals surface area contributed by atoms with Gasteiger partial charge in [-0.15, -0.1) is 18.3 Å². The molecule has 0 aliphatic carbocycles. The van der Waals surface area contributed by atoms with Gasteiger partial charge in [0.25, 0.3) is 5.91 Å². The highest BCUT2D eigenvalue weighted by molar-refractivity contribution is 8.00. The number of thioether (sulfide) groups is 1. The van der Waals surface area contributed by atoms with Crippen LogP contribution in [0.5, 0.6) is 0 Å². The lowest BCUT2D eigenvalue weighted by Gasteiger charge is -2.48. The van der Waals surface area contributed by atoms with Gasteiger partial charge in [0.05, 0.1) is 0 Å². The minimum absolute atomic E-state index is 0.191. The van der Waals surface area contributed by atoms with Crippen LogP contribution in [0.25, 0.3) is 0 Å². The smallest absolute Gasteiger partial charge is 0.356 e. The molecule has 0 saturated carbocycles. The highest BCUT2D eigenvalue weighted by Crippen LogP contribution is 2.43. The second kappa shape index (κ2) is 10.8. The molecule has 1 unspecified atom stereocenters.